The number of hydrogen-bond donors (Lipinski definition) is 2. The molecule has 4 aromatic rings. The Balaban J connectivity index is 0.00000336. The number of fused-ring (bicyclic) bond motifs is 1. The zero-order valence-corrected chi connectivity index (χ0v) is 21.8. The van der Waals surface area contributed by atoms with E-state index in [-0.39, 0.29) is 29.6 Å². The summed E-state index contributed by atoms with van der Waals surface area (Å²) in [6, 6.07) is 11.1. The van der Waals surface area contributed by atoms with Crippen molar-refractivity contribution in [2.24, 2.45) is 0 Å². The van der Waals surface area contributed by atoms with Crippen LogP contribution in [0.4, 0.5) is 5.69 Å². The van der Waals surface area contributed by atoms with Crippen LogP contribution in [0.5, 0.6) is 11.5 Å². The molecule has 0 saturated heterocycles. The van der Waals surface area contributed by atoms with Gasteiger partial charge in [-0.05, 0) is 57.0 Å². The molecule has 202 valence electrons. The minimum absolute atomic E-state index is 0. The average Bonchev–Trinajstić information content (AvgIpc) is 3.52. The number of rotatable bonds is 8. The molecule has 1 saturated carbocycles. The Hall–Kier alpha value is -3.86. The van der Waals surface area contributed by atoms with Crippen molar-refractivity contribution in [3.8, 4) is 22.9 Å². The standard InChI is InChI=1S/C26H29N5O5S.CH4/c1-4-36-22-13-12-20(37(33,34)30-18-10-7-11-19(14-18)35-3)15-21(22)24-28-26(32)23-16(2)27-25(31(23)29-24)17-8-5-6-9-17;/h7,10-15,17,30H,4-6,8-9H2,1-3H3,(H,28,29,32);1H4. The first-order chi connectivity index (χ1) is 17.8. The van der Waals surface area contributed by atoms with Crippen molar-refractivity contribution in [2.45, 2.75) is 57.8 Å². The molecule has 1 aliphatic carbocycles. The maximum absolute atomic E-state index is 13.3. The number of methoxy groups -OCH3 is 1. The number of aryl methyl sites for hydroxylation is 1. The molecule has 0 unspecified atom stereocenters. The van der Waals surface area contributed by atoms with E-state index in [0.717, 1.165) is 31.5 Å². The van der Waals surface area contributed by atoms with E-state index >= 15 is 0 Å². The summed E-state index contributed by atoms with van der Waals surface area (Å²) in [6.07, 6.45) is 4.22. The lowest BCUT2D eigenvalue weighted by Gasteiger charge is -2.14. The van der Waals surface area contributed by atoms with Gasteiger partial charge in [-0.1, -0.05) is 26.3 Å². The number of benzene rings is 2. The maximum Gasteiger partial charge on any atom is 0.277 e. The van der Waals surface area contributed by atoms with Crippen molar-refractivity contribution in [2.75, 3.05) is 18.4 Å². The summed E-state index contributed by atoms with van der Waals surface area (Å²) in [7, 11) is -2.46. The number of imidazole rings is 1. The van der Waals surface area contributed by atoms with Gasteiger partial charge in [0.2, 0.25) is 0 Å². The van der Waals surface area contributed by atoms with Gasteiger partial charge in [-0.15, -0.1) is 5.10 Å². The Morgan fingerprint density at radius 2 is 1.92 bits per heavy atom. The van der Waals surface area contributed by atoms with Crippen molar-refractivity contribution in [3.05, 3.63) is 64.3 Å². The fourth-order valence-corrected chi connectivity index (χ4v) is 5.88. The Kier molecular flexibility index (Phi) is 7.77. The molecule has 1 aliphatic rings. The highest BCUT2D eigenvalue weighted by atomic mass is 32.2. The Morgan fingerprint density at radius 1 is 1.16 bits per heavy atom. The van der Waals surface area contributed by atoms with E-state index in [4.69, 9.17) is 14.6 Å². The number of ether oxygens (including phenoxy) is 2. The topological polar surface area (TPSA) is 128 Å². The molecule has 0 aliphatic heterocycles. The first-order valence-electron chi connectivity index (χ1n) is 12.2. The fraction of sp³-hybridized carbons (Fsp3) is 0.370. The molecule has 38 heavy (non-hydrogen) atoms. The highest BCUT2D eigenvalue weighted by Crippen LogP contribution is 2.35. The summed E-state index contributed by atoms with van der Waals surface area (Å²) in [4.78, 5) is 20.6. The van der Waals surface area contributed by atoms with E-state index in [2.05, 4.69) is 14.7 Å². The van der Waals surface area contributed by atoms with Gasteiger partial charge in [-0.2, -0.15) is 0 Å². The number of aromatic amines is 1. The molecule has 0 radical (unpaired) electrons. The van der Waals surface area contributed by atoms with E-state index < -0.39 is 10.0 Å². The first-order valence-corrected chi connectivity index (χ1v) is 13.7. The molecule has 11 heteroatoms. The van der Waals surface area contributed by atoms with Gasteiger partial charge in [-0.25, -0.2) is 17.9 Å². The van der Waals surface area contributed by atoms with E-state index in [0.29, 0.717) is 40.6 Å². The van der Waals surface area contributed by atoms with Crippen LogP contribution in [0.3, 0.4) is 0 Å². The number of anilines is 1. The number of sulfonamides is 1. The molecule has 2 aromatic carbocycles. The SMILES string of the molecule is C.CCOc1ccc(S(=O)(=O)Nc2cccc(OC)c2)cc1-c1nn2c(C3CCCC3)nc(C)c2c(=O)[nH]1. The number of aromatic nitrogens is 4. The minimum atomic E-state index is -3.97. The summed E-state index contributed by atoms with van der Waals surface area (Å²) < 4.78 is 41.7. The van der Waals surface area contributed by atoms with Gasteiger partial charge >= 0.3 is 0 Å². The van der Waals surface area contributed by atoms with Gasteiger partial charge < -0.3 is 14.5 Å². The minimum Gasteiger partial charge on any atom is -0.497 e. The van der Waals surface area contributed by atoms with Crippen LogP contribution >= 0.6 is 0 Å². The Labute approximate surface area is 222 Å². The maximum atomic E-state index is 13.3. The normalized spacial score (nSPS) is 13.9. The molecular formula is C27H33N5O5S. The quantitative estimate of drug-likeness (QED) is 0.326. The van der Waals surface area contributed by atoms with Crippen molar-refractivity contribution >= 4 is 21.2 Å². The molecule has 0 atom stereocenters. The fourth-order valence-electron chi connectivity index (χ4n) is 4.81. The molecule has 2 aromatic heterocycles. The van der Waals surface area contributed by atoms with Crippen molar-refractivity contribution < 1.29 is 17.9 Å². The van der Waals surface area contributed by atoms with Gasteiger partial charge in [0, 0.05) is 12.0 Å². The van der Waals surface area contributed by atoms with Crippen molar-refractivity contribution in [1.82, 2.24) is 19.6 Å². The average molecular weight is 540 g/mol. The van der Waals surface area contributed by atoms with Gasteiger partial charge in [0.25, 0.3) is 15.6 Å². The molecule has 0 bridgehead atoms. The number of nitrogens with one attached hydrogen (secondary N) is 2. The number of nitrogens with zero attached hydrogens (tertiary/aromatic N) is 3. The molecule has 2 N–H and O–H groups in total. The third kappa shape index (κ3) is 5.10. The van der Waals surface area contributed by atoms with Gasteiger partial charge in [-0.3, -0.25) is 9.52 Å². The van der Waals surface area contributed by atoms with Crippen LogP contribution in [0, 0.1) is 6.92 Å². The summed E-state index contributed by atoms with van der Waals surface area (Å²) in [5.41, 5.74) is 1.39. The highest BCUT2D eigenvalue weighted by Gasteiger charge is 2.26. The van der Waals surface area contributed by atoms with Gasteiger partial charge in [0.1, 0.15) is 17.3 Å². The summed E-state index contributed by atoms with van der Waals surface area (Å²) in [6.45, 7) is 3.98. The Morgan fingerprint density at radius 3 is 2.63 bits per heavy atom. The second-order valence-electron chi connectivity index (χ2n) is 9.03. The zero-order chi connectivity index (χ0) is 26.2. The largest absolute Gasteiger partial charge is 0.497 e. The van der Waals surface area contributed by atoms with E-state index in [9.17, 15) is 13.2 Å². The number of hydrogen-bond acceptors (Lipinski definition) is 7. The van der Waals surface area contributed by atoms with Crippen molar-refractivity contribution in [1.29, 1.82) is 0 Å². The van der Waals surface area contributed by atoms with Crippen molar-refractivity contribution in [3.63, 3.8) is 0 Å². The molecule has 1 fully saturated rings. The lowest BCUT2D eigenvalue weighted by molar-refractivity contribution is 0.341. The van der Waals surface area contributed by atoms with Crippen LogP contribution in [0.15, 0.2) is 52.2 Å². The third-order valence-corrected chi connectivity index (χ3v) is 7.94. The smallest absolute Gasteiger partial charge is 0.277 e. The predicted molar refractivity (Wildman–Crippen MR) is 147 cm³/mol. The monoisotopic (exact) mass is 539 g/mol. The van der Waals surface area contributed by atoms with Crippen LogP contribution in [-0.4, -0.2) is 41.7 Å². The van der Waals surface area contributed by atoms with Crippen LogP contribution in [0.25, 0.3) is 16.9 Å². The van der Waals surface area contributed by atoms with Crippen LogP contribution in [0.1, 0.15) is 57.5 Å². The van der Waals surface area contributed by atoms with E-state index in [1.807, 2.05) is 6.92 Å². The van der Waals surface area contributed by atoms with Gasteiger partial charge in [0.15, 0.2) is 11.3 Å². The van der Waals surface area contributed by atoms with E-state index in [1.54, 1.807) is 41.8 Å². The second kappa shape index (κ2) is 10.9. The highest BCUT2D eigenvalue weighted by molar-refractivity contribution is 7.92. The lowest BCUT2D eigenvalue weighted by Crippen LogP contribution is -2.17. The summed E-state index contributed by atoms with van der Waals surface area (Å²) in [5, 5.41) is 4.73. The predicted octanol–water partition coefficient (Wildman–Crippen LogP) is 4.89. The first kappa shape index (κ1) is 27.2. The number of H-pyrrole nitrogens is 1. The molecule has 2 heterocycles. The zero-order valence-electron chi connectivity index (χ0n) is 20.9. The molecule has 10 nitrogen and oxygen atoms in total. The molecule has 0 spiro atoms. The van der Waals surface area contributed by atoms with Crippen LogP contribution in [0.2, 0.25) is 0 Å². The van der Waals surface area contributed by atoms with Crippen LogP contribution in [-0.2, 0) is 10.0 Å². The molecule has 0 amide bonds. The van der Waals surface area contributed by atoms with Crippen LogP contribution < -0.4 is 19.8 Å². The lowest BCUT2D eigenvalue weighted by atomic mass is 10.1. The third-order valence-electron chi connectivity index (χ3n) is 6.56. The Bertz CT molecular complexity index is 1620. The molecular weight excluding hydrogens is 506 g/mol. The van der Waals surface area contributed by atoms with Gasteiger partial charge in [0.05, 0.1) is 35.6 Å². The second-order valence-corrected chi connectivity index (χ2v) is 10.7. The molecule has 5 rings (SSSR count). The summed E-state index contributed by atoms with van der Waals surface area (Å²) >= 11 is 0. The van der Waals surface area contributed by atoms with E-state index in [1.165, 1.54) is 19.2 Å². The summed E-state index contributed by atoms with van der Waals surface area (Å²) in [5.74, 6) is 2.13.